The summed E-state index contributed by atoms with van der Waals surface area (Å²) in [6, 6.07) is 9.76. The van der Waals surface area contributed by atoms with Crippen LogP contribution >= 0.6 is 27.5 Å². The minimum atomic E-state index is 0.0745. The Morgan fingerprint density at radius 1 is 1.15 bits per heavy atom. The van der Waals surface area contributed by atoms with Gasteiger partial charge in [0.15, 0.2) is 0 Å². The van der Waals surface area contributed by atoms with Gasteiger partial charge in [-0.25, -0.2) is 9.97 Å². The maximum Gasteiger partial charge on any atom is 0.134 e. The van der Waals surface area contributed by atoms with E-state index >= 15 is 0 Å². The maximum atomic E-state index is 6.22. The van der Waals surface area contributed by atoms with E-state index in [1.807, 2.05) is 30.3 Å². The lowest BCUT2D eigenvalue weighted by molar-refractivity contribution is 0.763. The Kier molecular flexibility index (Phi) is 5.00. The molecule has 0 radical (unpaired) electrons. The van der Waals surface area contributed by atoms with Crippen molar-refractivity contribution < 1.29 is 0 Å². The molecule has 1 heterocycles. The van der Waals surface area contributed by atoms with Gasteiger partial charge >= 0.3 is 0 Å². The van der Waals surface area contributed by atoms with Gasteiger partial charge in [-0.15, -0.1) is 0 Å². The molecule has 0 aliphatic rings. The predicted molar refractivity (Wildman–Crippen MR) is 87.3 cm³/mol. The first-order valence-corrected chi connectivity index (χ1v) is 7.70. The quantitative estimate of drug-likeness (QED) is 0.768. The van der Waals surface area contributed by atoms with Crippen LogP contribution in [0.5, 0.6) is 0 Å². The number of hydrogen-bond donors (Lipinski definition) is 1. The smallest absolute Gasteiger partial charge is 0.134 e. The number of nitrogens with one attached hydrogen (secondary N) is 1. The summed E-state index contributed by atoms with van der Waals surface area (Å²) in [5.41, 5.74) is 1.05. The zero-order valence-electron chi connectivity index (χ0n) is 11.7. The largest absolute Gasteiger partial charge is 0.363 e. The van der Waals surface area contributed by atoms with E-state index in [9.17, 15) is 0 Å². The molecule has 1 unspecified atom stereocenters. The van der Waals surface area contributed by atoms with Crippen LogP contribution in [0.25, 0.3) is 0 Å². The zero-order valence-corrected chi connectivity index (χ0v) is 14.0. The van der Waals surface area contributed by atoms with Crippen molar-refractivity contribution >= 4 is 33.3 Å². The molecule has 3 nitrogen and oxygen atoms in total. The lowest BCUT2D eigenvalue weighted by Gasteiger charge is -2.17. The molecule has 0 bridgehead atoms. The zero-order chi connectivity index (χ0) is 14.7. The monoisotopic (exact) mass is 353 g/mol. The van der Waals surface area contributed by atoms with Crippen molar-refractivity contribution in [3.8, 4) is 0 Å². The van der Waals surface area contributed by atoms with Crippen LogP contribution in [-0.2, 0) is 0 Å². The van der Waals surface area contributed by atoms with Gasteiger partial charge in [-0.3, -0.25) is 0 Å². The molecule has 1 aromatic carbocycles. The normalized spacial score (nSPS) is 12.5. The van der Waals surface area contributed by atoms with E-state index in [-0.39, 0.29) is 12.0 Å². The van der Waals surface area contributed by atoms with Crippen molar-refractivity contribution in [3.63, 3.8) is 0 Å². The number of halogens is 2. The van der Waals surface area contributed by atoms with Crippen molar-refractivity contribution in [2.24, 2.45) is 0 Å². The van der Waals surface area contributed by atoms with Crippen molar-refractivity contribution in [2.75, 3.05) is 5.32 Å². The molecular formula is C15H17BrClN3. The molecule has 0 saturated carbocycles. The SMILES string of the molecule is CC(C)c1nc(Br)cc(NC(C)c2ccccc2Cl)n1. The van der Waals surface area contributed by atoms with Gasteiger partial charge < -0.3 is 5.32 Å². The Labute approximate surface area is 132 Å². The van der Waals surface area contributed by atoms with E-state index in [0.29, 0.717) is 0 Å². The summed E-state index contributed by atoms with van der Waals surface area (Å²) >= 11 is 9.64. The Morgan fingerprint density at radius 2 is 1.85 bits per heavy atom. The summed E-state index contributed by atoms with van der Waals surface area (Å²) in [6.45, 7) is 6.21. The van der Waals surface area contributed by atoms with E-state index < -0.39 is 0 Å². The highest BCUT2D eigenvalue weighted by molar-refractivity contribution is 9.10. The molecule has 0 saturated heterocycles. The third-order valence-electron chi connectivity index (χ3n) is 2.96. The fraction of sp³-hybridized carbons (Fsp3) is 0.333. The molecule has 20 heavy (non-hydrogen) atoms. The van der Waals surface area contributed by atoms with Crippen molar-refractivity contribution in [2.45, 2.75) is 32.7 Å². The highest BCUT2D eigenvalue weighted by atomic mass is 79.9. The lowest BCUT2D eigenvalue weighted by Crippen LogP contribution is -2.10. The maximum absolute atomic E-state index is 6.22. The minimum Gasteiger partial charge on any atom is -0.363 e. The first-order valence-electron chi connectivity index (χ1n) is 6.53. The van der Waals surface area contributed by atoms with Crippen molar-refractivity contribution in [1.82, 2.24) is 9.97 Å². The summed E-state index contributed by atoms with van der Waals surface area (Å²) in [5.74, 6) is 1.89. The van der Waals surface area contributed by atoms with E-state index in [1.54, 1.807) is 0 Å². The molecular weight excluding hydrogens is 338 g/mol. The summed E-state index contributed by atoms with van der Waals surface area (Å²) in [7, 11) is 0. The lowest BCUT2D eigenvalue weighted by atomic mass is 10.1. The molecule has 0 aliphatic carbocycles. The fourth-order valence-corrected chi connectivity index (χ4v) is 2.59. The van der Waals surface area contributed by atoms with Gasteiger partial charge in [-0.1, -0.05) is 43.6 Å². The number of nitrogens with zero attached hydrogens (tertiary/aromatic N) is 2. The molecule has 2 rings (SSSR count). The number of benzene rings is 1. The van der Waals surface area contributed by atoms with Crippen molar-refractivity contribution in [1.29, 1.82) is 0 Å². The van der Waals surface area contributed by atoms with Gasteiger partial charge in [0.2, 0.25) is 0 Å². The van der Waals surface area contributed by atoms with Crippen LogP contribution in [0.15, 0.2) is 34.9 Å². The summed E-state index contributed by atoms with van der Waals surface area (Å²) in [6.07, 6.45) is 0. The number of aromatic nitrogens is 2. The van der Waals surface area contributed by atoms with Gasteiger partial charge in [-0.05, 0) is 34.5 Å². The van der Waals surface area contributed by atoms with Gasteiger partial charge in [0.25, 0.3) is 0 Å². The van der Waals surface area contributed by atoms with E-state index in [1.165, 1.54) is 0 Å². The second-order valence-electron chi connectivity index (χ2n) is 4.98. The third-order valence-corrected chi connectivity index (χ3v) is 3.72. The fourth-order valence-electron chi connectivity index (χ4n) is 1.89. The highest BCUT2D eigenvalue weighted by Gasteiger charge is 2.12. The van der Waals surface area contributed by atoms with Crippen molar-refractivity contribution in [3.05, 3.63) is 51.3 Å². The third kappa shape index (κ3) is 3.70. The van der Waals surface area contributed by atoms with Crippen LogP contribution in [0.2, 0.25) is 5.02 Å². The Balaban J connectivity index is 2.24. The molecule has 0 spiro atoms. The van der Waals surface area contributed by atoms with Gasteiger partial charge in [-0.2, -0.15) is 0 Å². The number of rotatable bonds is 4. The van der Waals surface area contributed by atoms with E-state index in [2.05, 4.69) is 52.0 Å². The molecule has 1 aromatic heterocycles. The van der Waals surface area contributed by atoms with Crippen LogP contribution in [0.3, 0.4) is 0 Å². The topological polar surface area (TPSA) is 37.8 Å². The number of anilines is 1. The molecule has 106 valence electrons. The molecule has 1 atom stereocenters. The highest BCUT2D eigenvalue weighted by Crippen LogP contribution is 2.26. The first-order chi connectivity index (χ1) is 9.47. The number of hydrogen-bond acceptors (Lipinski definition) is 3. The summed E-state index contributed by atoms with van der Waals surface area (Å²) in [4.78, 5) is 8.90. The van der Waals surface area contributed by atoms with Gasteiger partial charge in [0, 0.05) is 17.0 Å². The van der Waals surface area contributed by atoms with Crippen LogP contribution in [0, 0.1) is 0 Å². The second-order valence-corrected chi connectivity index (χ2v) is 6.20. The molecule has 0 aliphatic heterocycles. The van der Waals surface area contributed by atoms with Crippen LogP contribution in [0.4, 0.5) is 5.82 Å². The minimum absolute atomic E-state index is 0.0745. The molecule has 0 amide bonds. The Morgan fingerprint density at radius 3 is 2.50 bits per heavy atom. The second kappa shape index (κ2) is 6.55. The van der Waals surface area contributed by atoms with Crippen LogP contribution in [-0.4, -0.2) is 9.97 Å². The van der Waals surface area contributed by atoms with Crippen LogP contribution < -0.4 is 5.32 Å². The van der Waals surface area contributed by atoms with E-state index in [4.69, 9.17) is 11.6 Å². The molecule has 0 fully saturated rings. The first kappa shape index (κ1) is 15.3. The predicted octanol–water partition coefficient (Wildman–Crippen LogP) is 5.19. The average Bonchev–Trinajstić information content (AvgIpc) is 2.38. The summed E-state index contributed by atoms with van der Waals surface area (Å²) < 4.78 is 0.782. The Hall–Kier alpha value is -1.13. The van der Waals surface area contributed by atoms with Gasteiger partial charge in [0.05, 0.1) is 6.04 Å². The van der Waals surface area contributed by atoms with Crippen LogP contribution in [0.1, 0.15) is 44.1 Å². The summed E-state index contributed by atoms with van der Waals surface area (Å²) in [5, 5.41) is 4.12. The molecule has 5 heteroatoms. The standard InChI is InChI=1S/C15H17BrClN3/c1-9(2)15-19-13(16)8-14(20-15)18-10(3)11-6-4-5-7-12(11)17/h4-10H,1-3H3,(H,18,19,20). The molecule has 2 aromatic rings. The van der Waals surface area contributed by atoms with E-state index in [0.717, 1.165) is 26.8 Å². The average molecular weight is 355 g/mol. The Bertz CT molecular complexity index is 601. The molecule has 1 N–H and O–H groups in total. The van der Waals surface area contributed by atoms with Gasteiger partial charge in [0.1, 0.15) is 16.2 Å².